The highest BCUT2D eigenvalue weighted by molar-refractivity contribution is 8.00. The molecule has 1 saturated carbocycles. The van der Waals surface area contributed by atoms with E-state index in [1.807, 2.05) is 0 Å². The summed E-state index contributed by atoms with van der Waals surface area (Å²) in [5.74, 6) is 0. The minimum Gasteiger partial charge on any atom is -0.313 e. The molecule has 1 nitrogen and oxygen atoms in total. The number of nitrogens with one attached hydrogen (secondary N) is 1. The average Bonchev–Trinajstić information content (AvgIpc) is 2.66. The van der Waals surface area contributed by atoms with Crippen molar-refractivity contribution >= 4 is 11.8 Å². The average molecular weight is 292 g/mol. The minimum atomic E-state index is 0.697. The number of hydrogen-bond donors (Lipinski definition) is 1. The predicted octanol–water partition coefficient (Wildman–Crippen LogP) is 5.10. The lowest BCUT2D eigenvalue weighted by molar-refractivity contribution is 0.470. The molecule has 1 aromatic carbocycles. The first-order valence-electron chi connectivity index (χ1n) is 8.18. The van der Waals surface area contributed by atoms with Gasteiger partial charge in [0.1, 0.15) is 0 Å². The molecule has 0 heterocycles. The Morgan fingerprint density at radius 2 is 1.95 bits per heavy atom. The summed E-state index contributed by atoms with van der Waals surface area (Å²) < 4.78 is 0. The van der Waals surface area contributed by atoms with Crippen LogP contribution in [0.5, 0.6) is 0 Å². The summed E-state index contributed by atoms with van der Waals surface area (Å²) in [6.07, 6.45) is 8.14. The van der Waals surface area contributed by atoms with Gasteiger partial charge in [-0.1, -0.05) is 43.9 Å². The second kappa shape index (κ2) is 8.09. The van der Waals surface area contributed by atoms with Crippen LogP contribution in [0, 0.1) is 13.8 Å². The summed E-state index contributed by atoms with van der Waals surface area (Å²) in [6, 6.07) is 7.55. The van der Waals surface area contributed by atoms with Crippen molar-refractivity contribution in [3.63, 3.8) is 0 Å². The SMILES string of the molecule is CCCNC1CCCCCC1Sc1cc(C)ccc1C. The van der Waals surface area contributed by atoms with Gasteiger partial charge in [-0.15, -0.1) is 11.8 Å². The van der Waals surface area contributed by atoms with Gasteiger partial charge in [-0.05, 0) is 51.3 Å². The van der Waals surface area contributed by atoms with Crippen LogP contribution in [0.3, 0.4) is 0 Å². The van der Waals surface area contributed by atoms with Crippen LogP contribution >= 0.6 is 11.8 Å². The Hall–Kier alpha value is -0.470. The molecular formula is C18H29NS. The molecule has 20 heavy (non-hydrogen) atoms. The van der Waals surface area contributed by atoms with Gasteiger partial charge in [0.05, 0.1) is 0 Å². The lowest BCUT2D eigenvalue weighted by Gasteiger charge is -2.26. The van der Waals surface area contributed by atoms with Gasteiger partial charge in [0, 0.05) is 16.2 Å². The third-order valence-electron chi connectivity index (χ3n) is 4.23. The maximum atomic E-state index is 3.79. The fraction of sp³-hybridized carbons (Fsp3) is 0.667. The molecule has 1 fully saturated rings. The van der Waals surface area contributed by atoms with E-state index in [1.165, 1.54) is 54.5 Å². The normalized spacial score (nSPS) is 23.6. The molecule has 1 N–H and O–H groups in total. The number of thioether (sulfide) groups is 1. The van der Waals surface area contributed by atoms with Gasteiger partial charge in [0.15, 0.2) is 0 Å². The molecule has 1 aromatic rings. The third-order valence-corrected chi connectivity index (χ3v) is 5.79. The van der Waals surface area contributed by atoms with Crippen molar-refractivity contribution < 1.29 is 0 Å². The molecule has 1 aliphatic rings. The predicted molar refractivity (Wildman–Crippen MR) is 90.7 cm³/mol. The Bertz CT molecular complexity index is 416. The Balaban J connectivity index is 2.08. The van der Waals surface area contributed by atoms with Gasteiger partial charge in [0.2, 0.25) is 0 Å². The van der Waals surface area contributed by atoms with Crippen LogP contribution < -0.4 is 5.32 Å². The molecule has 2 atom stereocenters. The molecule has 0 aliphatic heterocycles. The highest BCUT2D eigenvalue weighted by Crippen LogP contribution is 2.35. The van der Waals surface area contributed by atoms with E-state index in [0.29, 0.717) is 6.04 Å². The highest BCUT2D eigenvalue weighted by Gasteiger charge is 2.24. The monoisotopic (exact) mass is 291 g/mol. The summed E-state index contributed by atoms with van der Waals surface area (Å²) >= 11 is 2.11. The Morgan fingerprint density at radius 3 is 2.75 bits per heavy atom. The summed E-state index contributed by atoms with van der Waals surface area (Å²) in [6.45, 7) is 7.86. The first-order valence-corrected chi connectivity index (χ1v) is 9.06. The van der Waals surface area contributed by atoms with E-state index in [4.69, 9.17) is 0 Å². The summed E-state index contributed by atoms with van der Waals surface area (Å²) in [4.78, 5) is 1.49. The molecule has 0 saturated heterocycles. The van der Waals surface area contributed by atoms with E-state index in [9.17, 15) is 0 Å². The topological polar surface area (TPSA) is 12.0 Å². The van der Waals surface area contributed by atoms with Crippen LogP contribution in [-0.4, -0.2) is 17.8 Å². The van der Waals surface area contributed by atoms with Crippen LogP contribution in [0.1, 0.15) is 56.6 Å². The van der Waals surface area contributed by atoms with Crippen molar-refractivity contribution in [2.45, 2.75) is 75.5 Å². The fourth-order valence-electron chi connectivity index (χ4n) is 2.98. The van der Waals surface area contributed by atoms with Crippen molar-refractivity contribution in [2.24, 2.45) is 0 Å². The molecule has 0 radical (unpaired) electrons. The van der Waals surface area contributed by atoms with E-state index in [2.05, 4.69) is 56.0 Å². The number of aryl methyl sites for hydroxylation is 2. The number of benzene rings is 1. The quantitative estimate of drug-likeness (QED) is 0.758. The van der Waals surface area contributed by atoms with Crippen LogP contribution in [0.4, 0.5) is 0 Å². The molecule has 112 valence electrons. The van der Waals surface area contributed by atoms with Crippen molar-refractivity contribution in [1.82, 2.24) is 5.32 Å². The first-order chi connectivity index (χ1) is 9.70. The first kappa shape index (κ1) is 15.9. The number of rotatable bonds is 5. The standard InChI is InChI=1S/C18H29NS/c1-4-12-19-16-8-6-5-7-9-17(16)20-18-13-14(2)10-11-15(18)3/h10-11,13,16-17,19H,4-9,12H2,1-3H3. The summed E-state index contributed by atoms with van der Waals surface area (Å²) in [5, 5.41) is 4.54. The molecule has 0 bridgehead atoms. The Labute approximate surface area is 128 Å². The van der Waals surface area contributed by atoms with Gasteiger partial charge >= 0.3 is 0 Å². The third kappa shape index (κ3) is 4.53. The highest BCUT2D eigenvalue weighted by atomic mass is 32.2. The molecule has 2 rings (SSSR count). The van der Waals surface area contributed by atoms with Crippen molar-refractivity contribution in [2.75, 3.05) is 6.54 Å². The maximum Gasteiger partial charge on any atom is 0.0248 e. The maximum absolute atomic E-state index is 3.79. The molecular weight excluding hydrogens is 262 g/mol. The molecule has 1 aliphatic carbocycles. The van der Waals surface area contributed by atoms with Gasteiger partial charge in [-0.3, -0.25) is 0 Å². The second-order valence-electron chi connectivity index (χ2n) is 6.12. The van der Waals surface area contributed by atoms with Crippen molar-refractivity contribution in [3.05, 3.63) is 29.3 Å². The number of hydrogen-bond acceptors (Lipinski definition) is 2. The lowest BCUT2D eigenvalue weighted by atomic mass is 10.1. The molecule has 2 heteroatoms. The van der Waals surface area contributed by atoms with Crippen LogP contribution in [0.15, 0.2) is 23.1 Å². The second-order valence-corrected chi connectivity index (χ2v) is 7.40. The van der Waals surface area contributed by atoms with E-state index in [1.54, 1.807) is 0 Å². The van der Waals surface area contributed by atoms with E-state index in [-0.39, 0.29) is 0 Å². The minimum absolute atomic E-state index is 0.697. The summed E-state index contributed by atoms with van der Waals surface area (Å²) in [5.41, 5.74) is 2.81. The Kier molecular flexibility index (Phi) is 6.44. The Morgan fingerprint density at radius 1 is 1.15 bits per heavy atom. The molecule has 2 unspecified atom stereocenters. The van der Waals surface area contributed by atoms with Gasteiger partial charge in [0.25, 0.3) is 0 Å². The zero-order valence-corrected chi connectivity index (χ0v) is 14.1. The van der Waals surface area contributed by atoms with Crippen LogP contribution in [0.25, 0.3) is 0 Å². The zero-order valence-electron chi connectivity index (χ0n) is 13.2. The van der Waals surface area contributed by atoms with Gasteiger partial charge in [-0.2, -0.15) is 0 Å². The smallest absolute Gasteiger partial charge is 0.0248 e. The van der Waals surface area contributed by atoms with Gasteiger partial charge < -0.3 is 5.32 Å². The molecule has 0 spiro atoms. The van der Waals surface area contributed by atoms with Crippen LogP contribution in [-0.2, 0) is 0 Å². The summed E-state index contributed by atoms with van der Waals surface area (Å²) in [7, 11) is 0. The van der Waals surface area contributed by atoms with Gasteiger partial charge in [-0.25, -0.2) is 0 Å². The van der Waals surface area contributed by atoms with E-state index >= 15 is 0 Å². The van der Waals surface area contributed by atoms with Crippen LogP contribution in [0.2, 0.25) is 0 Å². The molecule has 0 aromatic heterocycles. The zero-order chi connectivity index (χ0) is 14.4. The van der Waals surface area contributed by atoms with E-state index < -0.39 is 0 Å². The van der Waals surface area contributed by atoms with Crippen molar-refractivity contribution in [1.29, 1.82) is 0 Å². The largest absolute Gasteiger partial charge is 0.313 e. The fourth-order valence-corrected chi connectivity index (χ4v) is 4.49. The lowest BCUT2D eigenvalue weighted by Crippen LogP contribution is -2.37. The van der Waals surface area contributed by atoms with Crippen molar-refractivity contribution in [3.8, 4) is 0 Å². The van der Waals surface area contributed by atoms with E-state index in [0.717, 1.165) is 11.8 Å². The molecule has 0 amide bonds.